The van der Waals surface area contributed by atoms with Crippen LogP contribution in [0.25, 0.3) is 0 Å². The van der Waals surface area contributed by atoms with E-state index in [9.17, 15) is 0 Å². The van der Waals surface area contributed by atoms with E-state index in [4.69, 9.17) is 4.74 Å². The summed E-state index contributed by atoms with van der Waals surface area (Å²) in [6.45, 7) is 5.96. The van der Waals surface area contributed by atoms with Crippen molar-refractivity contribution in [1.29, 1.82) is 0 Å². The third kappa shape index (κ3) is 3.88. The van der Waals surface area contributed by atoms with Crippen LogP contribution < -0.4 is 5.32 Å². The molecule has 1 aliphatic heterocycles. The van der Waals surface area contributed by atoms with Gasteiger partial charge in [0.15, 0.2) is 0 Å². The van der Waals surface area contributed by atoms with Crippen LogP contribution in [0.5, 0.6) is 0 Å². The summed E-state index contributed by atoms with van der Waals surface area (Å²) < 4.78 is 5.28. The van der Waals surface area contributed by atoms with Crippen molar-refractivity contribution in [3.05, 3.63) is 11.6 Å². The normalized spacial score (nSPS) is 22.6. The van der Waals surface area contributed by atoms with E-state index >= 15 is 0 Å². The highest BCUT2D eigenvalue weighted by Crippen LogP contribution is 2.11. The van der Waals surface area contributed by atoms with Gasteiger partial charge < -0.3 is 10.1 Å². The van der Waals surface area contributed by atoms with E-state index < -0.39 is 0 Å². The van der Waals surface area contributed by atoms with Gasteiger partial charge in [-0.05, 0) is 39.3 Å². The van der Waals surface area contributed by atoms with Crippen LogP contribution in [0.4, 0.5) is 0 Å². The standard InChI is InChI=1S/C10H19NO/c1-2-12-9-6-10-4-3-7-11-8-5-10/h6,11H,2-5,7-9H2,1H3/b10-6+. The molecule has 0 spiro atoms. The molecule has 1 aliphatic rings. The van der Waals surface area contributed by atoms with Crippen molar-refractivity contribution < 1.29 is 4.74 Å². The molecular formula is C10H19NO. The van der Waals surface area contributed by atoms with Gasteiger partial charge in [-0.25, -0.2) is 0 Å². The van der Waals surface area contributed by atoms with Crippen LogP contribution in [0.3, 0.4) is 0 Å². The van der Waals surface area contributed by atoms with Gasteiger partial charge in [-0.3, -0.25) is 0 Å². The minimum atomic E-state index is 0.797. The fourth-order valence-corrected chi connectivity index (χ4v) is 1.44. The Morgan fingerprint density at radius 2 is 2.33 bits per heavy atom. The van der Waals surface area contributed by atoms with Crippen molar-refractivity contribution in [2.24, 2.45) is 0 Å². The maximum Gasteiger partial charge on any atom is 0.0649 e. The average Bonchev–Trinajstić information content (AvgIpc) is 2.33. The first-order chi connectivity index (χ1) is 5.93. The molecule has 1 rings (SSSR count). The number of nitrogens with one attached hydrogen (secondary N) is 1. The van der Waals surface area contributed by atoms with Crippen molar-refractivity contribution in [3.8, 4) is 0 Å². The Labute approximate surface area is 75.0 Å². The molecule has 1 N–H and O–H groups in total. The summed E-state index contributed by atoms with van der Waals surface area (Å²) in [5.74, 6) is 0. The fraction of sp³-hybridized carbons (Fsp3) is 0.800. The van der Waals surface area contributed by atoms with Crippen molar-refractivity contribution in [2.75, 3.05) is 26.3 Å². The lowest BCUT2D eigenvalue weighted by molar-refractivity contribution is 0.177. The summed E-state index contributed by atoms with van der Waals surface area (Å²) in [6.07, 6.45) is 5.97. The molecule has 0 atom stereocenters. The second-order valence-electron chi connectivity index (χ2n) is 3.13. The molecule has 0 aromatic rings. The minimum absolute atomic E-state index is 0.797. The Morgan fingerprint density at radius 1 is 1.42 bits per heavy atom. The summed E-state index contributed by atoms with van der Waals surface area (Å²) in [4.78, 5) is 0. The fourth-order valence-electron chi connectivity index (χ4n) is 1.44. The van der Waals surface area contributed by atoms with Gasteiger partial charge in [-0.1, -0.05) is 11.6 Å². The summed E-state index contributed by atoms with van der Waals surface area (Å²) in [5.41, 5.74) is 1.56. The summed E-state index contributed by atoms with van der Waals surface area (Å²) >= 11 is 0. The Hall–Kier alpha value is -0.340. The van der Waals surface area contributed by atoms with Gasteiger partial charge in [0.1, 0.15) is 0 Å². The second-order valence-corrected chi connectivity index (χ2v) is 3.13. The molecule has 0 aromatic carbocycles. The number of hydrogen-bond donors (Lipinski definition) is 1. The van der Waals surface area contributed by atoms with Crippen LogP contribution in [0, 0.1) is 0 Å². The predicted molar refractivity (Wildman–Crippen MR) is 51.3 cm³/mol. The first-order valence-corrected chi connectivity index (χ1v) is 4.90. The largest absolute Gasteiger partial charge is 0.378 e. The first-order valence-electron chi connectivity index (χ1n) is 4.90. The third-order valence-corrected chi connectivity index (χ3v) is 2.17. The number of ether oxygens (including phenoxy) is 1. The maximum atomic E-state index is 5.28. The van der Waals surface area contributed by atoms with Crippen molar-refractivity contribution in [1.82, 2.24) is 5.32 Å². The lowest BCUT2D eigenvalue weighted by Gasteiger charge is -2.01. The van der Waals surface area contributed by atoms with Gasteiger partial charge in [-0.2, -0.15) is 0 Å². The van der Waals surface area contributed by atoms with Gasteiger partial charge in [0, 0.05) is 6.61 Å². The zero-order chi connectivity index (χ0) is 8.65. The van der Waals surface area contributed by atoms with Gasteiger partial charge in [0.2, 0.25) is 0 Å². The molecule has 0 amide bonds. The Balaban J connectivity index is 2.22. The van der Waals surface area contributed by atoms with E-state index in [1.54, 1.807) is 5.57 Å². The number of hydrogen-bond acceptors (Lipinski definition) is 2. The minimum Gasteiger partial charge on any atom is -0.378 e. The van der Waals surface area contributed by atoms with Crippen molar-refractivity contribution >= 4 is 0 Å². The van der Waals surface area contributed by atoms with Crippen molar-refractivity contribution in [3.63, 3.8) is 0 Å². The molecule has 0 saturated carbocycles. The predicted octanol–water partition coefficient (Wildman–Crippen LogP) is 1.72. The molecule has 0 aromatic heterocycles. The van der Waals surface area contributed by atoms with Crippen LogP contribution in [0.2, 0.25) is 0 Å². The van der Waals surface area contributed by atoms with E-state index in [0.29, 0.717) is 0 Å². The quantitative estimate of drug-likeness (QED) is 0.513. The molecule has 0 bridgehead atoms. The second kappa shape index (κ2) is 6.21. The third-order valence-electron chi connectivity index (χ3n) is 2.17. The molecule has 12 heavy (non-hydrogen) atoms. The highest BCUT2D eigenvalue weighted by Gasteiger charge is 2.01. The Bertz CT molecular complexity index is 133. The first kappa shape index (κ1) is 9.75. The SMILES string of the molecule is CCOC/C=C1\CCCNCC1. The molecule has 1 saturated heterocycles. The molecule has 2 heteroatoms. The van der Waals surface area contributed by atoms with E-state index in [1.807, 2.05) is 6.92 Å². The highest BCUT2D eigenvalue weighted by atomic mass is 16.5. The average molecular weight is 169 g/mol. The van der Waals surface area contributed by atoms with Gasteiger partial charge in [0.25, 0.3) is 0 Å². The maximum absolute atomic E-state index is 5.28. The van der Waals surface area contributed by atoms with Gasteiger partial charge >= 0.3 is 0 Å². The topological polar surface area (TPSA) is 21.3 Å². The molecule has 0 unspecified atom stereocenters. The van der Waals surface area contributed by atoms with E-state index in [1.165, 1.54) is 25.8 Å². The van der Waals surface area contributed by atoms with Gasteiger partial charge in [-0.15, -0.1) is 0 Å². The van der Waals surface area contributed by atoms with Crippen LogP contribution in [0.1, 0.15) is 26.2 Å². The molecule has 70 valence electrons. The van der Waals surface area contributed by atoms with E-state index in [0.717, 1.165) is 19.8 Å². The summed E-state index contributed by atoms with van der Waals surface area (Å²) in [5, 5.41) is 3.39. The van der Waals surface area contributed by atoms with Crippen LogP contribution in [0.15, 0.2) is 11.6 Å². The van der Waals surface area contributed by atoms with Crippen LogP contribution in [-0.2, 0) is 4.74 Å². The molecule has 0 aliphatic carbocycles. The van der Waals surface area contributed by atoms with Crippen molar-refractivity contribution in [2.45, 2.75) is 26.2 Å². The number of rotatable bonds is 3. The molecule has 1 heterocycles. The summed E-state index contributed by atoms with van der Waals surface area (Å²) in [7, 11) is 0. The molecule has 0 radical (unpaired) electrons. The zero-order valence-corrected chi connectivity index (χ0v) is 7.94. The molecule has 1 fully saturated rings. The Kier molecular flexibility index (Phi) is 5.04. The highest BCUT2D eigenvalue weighted by molar-refractivity contribution is 5.03. The van der Waals surface area contributed by atoms with E-state index in [-0.39, 0.29) is 0 Å². The molecule has 2 nitrogen and oxygen atoms in total. The van der Waals surface area contributed by atoms with E-state index in [2.05, 4.69) is 11.4 Å². The lowest BCUT2D eigenvalue weighted by Crippen LogP contribution is -2.13. The van der Waals surface area contributed by atoms with Crippen LogP contribution >= 0.6 is 0 Å². The summed E-state index contributed by atoms with van der Waals surface area (Å²) in [6, 6.07) is 0. The lowest BCUT2D eigenvalue weighted by atomic mass is 10.1. The van der Waals surface area contributed by atoms with Crippen LogP contribution in [-0.4, -0.2) is 26.3 Å². The Morgan fingerprint density at radius 3 is 3.17 bits per heavy atom. The zero-order valence-electron chi connectivity index (χ0n) is 7.94. The van der Waals surface area contributed by atoms with Gasteiger partial charge in [0.05, 0.1) is 6.61 Å². The smallest absolute Gasteiger partial charge is 0.0649 e. The monoisotopic (exact) mass is 169 g/mol. The molecular weight excluding hydrogens is 150 g/mol.